The molecule has 350 valence electrons. The lowest BCUT2D eigenvalue weighted by Crippen LogP contribution is -2.31. The molecule has 0 saturated heterocycles. The molecule has 0 bridgehead atoms. The van der Waals surface area contributed by atoms with E-state index in [0.717, 1.165) is 35.3 Å². The summed E-state index contributed by atoms with van der Waals surface area (Å²) in [6.45, 7) is 7.39. The number of carbonyl (C=O) groups is 6. The molecule has 2 aromatic heterocycles. The molecule has 0 fully saturated rings. The Morgan fingerprint density at radius 2 is 0.641 bits per heavy atom. The number of likely N-dealkylation sites (N-methyl/N-ethyl adjacent to an activating group) is 2. The van der Waals surface area contributed by atoms with Crippen molar-refractivity contribution in [3.8, 4) is 0 Å². The molecule has 0 radical (unpaired) electrons. The summed E-state index contributed by atoms with van der Waals surface area (Å²) in [5, 5.41) is 47.4. The van der Waals surface area contributed by atoms with Crippen molar-refractivity contribution < 1.29 is 68.9 Å². The minimum Gasteiger partial charge on any atom is -0.481 e. The lowest BCUT2D eigenvalue weighted by Gasteiger charge is -2.31. The lowest BCUT2D eigenvalue weighted by molar-refractivity contribution is -0.143. The van der Waals surface area contributed by atoms with Crippen LogP contribution in [0, 0.1) is 0 Å². The second-order valence-electron chi connectivity index (χ2n) is 14.4. The number of pyridine rings is 2. The van der Waals surface area contributed by atoms with Gasteiger partial charge in [-0.2, -0.15) is 0 Å². The molecule has 2 unspecified atom stereocenters. The summed E-state index contributed by atoms with van der Waals surface area (Å²) in [6, 6.07) is 28.7. The van der Waals surface area contributed by atoms with Crippen LogP contribution in [0.15, 0.2) is 110 Å². The lowest BCUT2D eigenvalue weighted by atomic mass is 9.88. The fraction of sp³-hybridized carbons (Fsp3) is 0.391. The van der Waals surface area contributed by atoms with Gasteiger partial charge in [0.2, 0.25) is 0 Å². The molecule has 2 atom stereocenters. The fourth-order valence-electron chi connectivity index (χ4n) is 5.03. The van der Waals surface area contributed by atoms with Crippen molar-refractivity contribution in [1.82, 2.24) is 19.8 Å². The Morgan fingerprint density at radius 3 is 0.844 bits per heavy atom. The van der Waals surface area contributed by atoms with E-state index in [9.17, 15) is 28.8 Å². The largest absolute Gasteiger partial charge is 0.481 e. The van der Waals surface area contributed by atoms with Crippen molar-refractivity contribution in [3.05, 3.63) is 132 Å². The molecule has 0 aliphatic rings. The van der Waals surface area contributed by atoms with Gasteiger partial charge in [-0.15, -0.1) is 0 Å². The first kappa shape index (κ1) is 57.4. The Labute approximate surface area is 373 Å². The topological polar surface area (TPSA) is 275 Å². The van der Waals surface area contributed by atoms with Gasteiger partial charge in [-0.25, -0.2) is 0 Å². The van der Waals surface area contributed by atoms with Crippen molar-refractivity contribution in [1.29, 1.82) is 0 Å². The summed E-state index contributed by atoms with van der Waals surface area (Å²) < 4.78 is 12.5. The number of carboxylic acids is 6. The highest BCUT2D eigenvalue weighted by Gasteiger charge is 2.30. The smallest absolute Gasteiger partial charge is 0.303 e. The van der Waals surface area contributed by atoms with E-state index in [1.165, 1.54) is 0 Å². The second kappa shape index (κ2) is 32.1. The van der Waals surface area contributed by atoms with Gasteiger partial charge in [0.1, 0.15) is 11.2 Å². The van der Waals surface area contributed by atoms with Crippen LogP contribution in [0.2, 0.25) is 0 Å². The van der Waals surface area contributed by atoms with Crippen LogP contribution in [0.4, 0.5) is 0 Å². The van der Waals surface area contributed by atoms with Gasteiger partial charge in [0.25, 0.3) is 0 Å². The molecule has 0 aliphatic heterocycles. The Hall–Kier alpha value is -6.60. The number of benzene rings is 2. The summed E-state index contributed by atoms with van der Waals surface area (Å²) in [6.07, 6.45) is 5.47. The minimum absolute atomic E-state index is 0.296. The predicted octanol–water partition coefficient (Wildman–Crippen LogP) is 5.65. The number of rotatable bonds is 21. The van der Waals surface area contributed by atoms with Gasteiger partial charge in [-0.05, 0) is 88.6 Å². The van der Waals surface area contributed by atoms with Crippen molar-refractivity contribution in [2.45, 2.75) is 63.6 Å². The maximum atomic E-state index is 9.64. The Balaban J connectivity index is 0.000000838. The van der Waals surface area contributed by atoms with Crippen molar-refractivity contribution >= 4 is 35.8 Å². The standard InChI is InChI=1S/2C17H22N2O.3C4H6O4/c2*1-17(20-14-13-19(2)3,15-7-5-4-6-8-15)16-9-11-18-12-10-16;3*5-3(6)1-2-4(7)8/h2*4-12H,13-14H2,1-3H3;3*1-2H2,(H,5,6)(H,7,8). The van der Waals surface area contributed by atoms with E-state index in [-0.39, 0.29) is 38.5 Å². The molecule has 0 amide bonds. The maximum absolute atomic E-state index is 9.64. The Morgan fingerprint density at radius 1 is 0.422 bits per heavy atom. The van der Waals surface area contributed by atoms with E-state index in [0.29, 0.717) is 13.2 Å². The Kier molecular flexibility index (Phi) is 28.8. The average Bonchev–Trinajstić information content (AvgIpc) is 3.26. The van der Waals surface area contributed by atoms with E-state index >= 15 is 0 Å². The summed E-state index contributed by atoms with van der Waals surface area (Å²) in [7, 11) is 8.20. The van der Waals surface area contributed by atoms with Crippen LogP contribution in [0.25, 0.3) is 0 Å². The van der Waals surface area contributed by atoms with Crippen LogP contribution in [-0.4, -0.2) is 141 Å². The first-order chi connectivity index (χ1) is 30.1. The van der Waals surface area contributed by atoms with E-state index in [2.05, 4.69) is 86.1 Å². The number of aromatic nitrogens is 2. The zero-order valence-corrected chi connectivity index (χ0v) is 37.2. The minimum atomic E-state index is -1.08. The monoisotopic (exact) mass is 894 g/mol. The number of hydrogen-bond acceptors (Lipinski definition) is 12. The molecule has 0 saturated carbocycles. The third-order valence-electron chi connectivity index (χ3n) is 8.63. The molecular weight excluding hydrogens is 833 g/mol. The fourth-order valence-corrected chi connectivity index (χ4v) is 5.03. The Bertz CT molecular complexity index is 1650. The van der Waals surface area contributed by atoms with Gasteiger partial charge in [-0.3, -0.25) is 38.7 Å². The first-order valence-electron chi connectivity index (χ1n) is 19.9. The van der Waals surface area contributed by atoms with Gasteiger partial charge < -0.3 is 49.9 Å². The number of nitrogens with zero attached hydrogens (tertiary/aromatic N) is 4. The van der Waals surface area contributed by atoms with E-state index < -0.39 is 47.0 Å². The molecule has 6 N–H and O–H groups in total. The number of hydrogen-bond donors (Lipinski definition) is 6. The zero-order valence-electron chi connectivity index (χ0n) is 37.2. The molecule has 64 heavy (non-hydrogen) atoms. The number of ether oxygens (including phenoxy) is 2. The predicted molar refractivity (Wildman–Crippen MR) is 237 cm³/mol. The molecule has 2 aromatic carbocycles. The molecule has 4 rings (SSSR count). The summed E-state index contributed by atoms with van der Waals surface area (Å²) >= 11 is 0. The highest BCUT2D eigenvalue weighted by atomic mass is 16.5. The second-order valence-corrected chi connectivity index (χ2v) is 14.4. The molecule has 4 aromatic rings. The van der Waals surface area contributed by atoms with Crippen LogP contribution < -0.4 is 0 Å². The third-order valence-corrected chi connectivity index (χ3v) is 8.63. The number of aliphatic carboxylic acids is 6. The summed E-state index contributed by atoms with van der Waals surface area (Å²) in [4.78, 5) is 70.3. The quantitative estimate of drug-likeness (QED) is 0.0589. The van der Waals surface area contributed by atoms with Crippen molar-refractivity contribution in [3.63, 3.8) is 0 Å². The van der Waals surface area contributed by atoms with Crippen molar-refractivity contribution in [2.24, 2.45) is 0 Å². The van der Waals surface area contributed by atoms with Gasteiger partial charge in [0.05, 0.1) is 51.7 Å². The summed E-state index contributed by atoms with van der Waals surface area (Å²) in [5.74, 6) is -6.46. The van der Waals surface area contributed by atoms with E-state index in [1.54, 1.807) is 0 Å². The average molecular weight is 895 g/mol. The van der Waals surface area contributed by atoms with Gasteiger partial charge in [0.15, 0.2) is 0 Å². The molecule has 2 heterocycles. The van der Waals surface area contributed by atoms with Crippen molar-refractivity contribution in [2.75, 3.05) is 54.5 Å². The van der Waals surface area contributed by atoms with E-state index in [4.69, 9.17) is 40.1 Å². The van der Waals surface area contributed by atoms with Crippen LogP contribution in [-0.2, 0) is 49.4 Å². The summed E-state index contributed by atoms with van der Waals surface area (Å²) in [5.41, 5.74) is 3.67. The molecule has 18 heteroatoms. The number of carboxylic acid groups (broad SMARTS) is 6. The third kappa shape index (κ3) is 26.7. The van der Waals surface area contributed by atoms with Crippen LogP contribution >= 0.6 is 0 Å². The van der Waals surface area contributed by atoms with Gasteiger partial charge >= 0.3 is 35.8 Å². The highest BCUT2D eigenvalue weighted by molar-refractivity contribution is 5.76. The van der Waals surface area contributed by atoms with Gasteiger partial charge in [-0.1, -0.05) is 60.7 Å². The molecular formula is C46H62N4O14. The first-order valence-corrected chi connectivity index (χ1v) is 19.9. The molecule has 0 spiro atoms. The normalized spacial score (nSPS) is 12.1. The van der Waals surface area contributed by atoms with Crippen LogP contribution in [0.3, 0.4) is 0 Å². The van der Waals surface area contributed by atoms with E-state index in [1.807, 2.05) is 85.5 Å². The van der Waals surface area contributed by atoms with Gasteiger partial charge in [0, 0.05) is 37.9 Å². The maximum Gasteiger partial charge on any atom is 0.303 e. The SMILES string of the molecule is CN(C)CCOC(C)(c1ccccc1)c1ccncc1.CN(C)CCOC(C)(c1ccccc1)c1ccncc1.O=C(O)CCC(=O)O.O=C(O)CCC(=O)O.O=C(O)CCC(=O)O. The van der Waals surface area contributed by atoms with Crippen LogP contribution in [0.1, 0.15) is 74.6 Å². The highest BCUT2D eigenvalue weighted by Crippen LogP contribution is 2.34. The molecule has 18 nitrogen and oxygen atoms in total. The van der Waals surface area contributed by atoms with Crippen LogP contribution in [0.5, 0.6) is 0 Å². The zero-order chi connectivity index (χ0) is 48.6. The molecule has 0 aliphatic carbocycles.